The maximum absolute atomic E-state index is 9.80. The van der Waals surface area contributed by atoms with E-state index in [4.69, 9.17) is 0 Å². The maximum atomic E-state index is 9.80. The summed E-state index contributed by atoms with van der Waals surface area (Å²) in [6, 6.07) is 19.1. The first-order valence-corrected chi connectivity index (χ1v) is 5.49. The second kappa shape index (κ2) is 5.21. The van der Waals surface area contributed by atoms with Crippen molar-refractivity contribution < 1.29 is 22.2 Å². The van der Waals surface area contributed by atoms with E-state index < -0.39 is 0 Å². The molecule has 1 heterocycles. The molecular weight excluding hydrogens is 274 g/mol. The zero-order valence-electron chi connectivity index (χ0n) is 9.47. The van der Waals surface area contributed by atoms with Crippen molar-refractivity contribution in [2.45, 2.75) is 0 Å². The maximum Gasteiger partial charge on any atom is 0.124 e. The fourth-order valence-electron chi connectivity index (χ4n) is 1.91. The summed E-state index contributed by atoms with van der Waals surface area (Å²) in [7, 11) is 0. The molecule has 0 saturated carbocycles. The summed E-state index contributed by atoms with van der Waals surface area (Å²) < 4.78 is 0. The number of phenols is 1. The fourth-order valence-corrected chi connectivity index (χ4v) is 1.91. The molecule has 0 aliphatic heterocycles. The van der Waals surface area contributed by atoms with Crippen LogP contribution < -0.4 is 0 Å². The Balaban J connectivity index is 0.00000120. The van der Waals surface area contributed by atoms with Crippen LogP contribution in [0.3, 0.4) is 0 Å². The normalized spacial score (nSPS) is 10.0. The molecule has 2 nitrogen and oxygen atoms in total. The van der Waals surface area contributed by atoms with E-state index in [9.17, 15) is 5.11 Å². The predicted octanol–water partition coefficient (Wildman–Crippen LogP) is 3.60. The first kappa shape index (κ1) is 12.6. The molecule has 0 saturated heterocycles. The molecule has 3 rings (SSSR count). The molecule has 0 aliphatic carbocycles. The molecule has 18 heavy (non-hydrogen) atoms. The molecule has 1 radical (unpaired) electrons. The average molecular weight is 285 g/mol. The summed E-state index contributed by atoms with van der Waals surface area (Å²) in [6.45, 7) is 0. The van der Waals surface area contributed by atoms with Gasteiger partial charge in [0.05, 0.1) is 11.2 Å². The number of rotatable bonds is 1. The van der Waals surface area contributed by atoms with Gasteiger partial charge >= 0.3 is 0 Å². The van der Waals surface area contributed by atoms with E-state index in [-0.39, 0.29) is 22.8 Å². The number of phenolic OH excluding ortho intramolecular Hbond substituents is 1. The van der Waals surface area contributed by atoms with E-state index in [0.29, 0.717) is 0 Å². The summed E-state index contributed by atoms with van der Waals surface area (Å²) in [5.74, 6) is 0.260. The van der Waals surface area contributed by atoms with Crippen LogP contribution in [0, 0.1) is 0 Å². The van der Waals surface area contributed by atoms with Crippen molar-refractivity contribution in [2.75, 3.05) is 0 Å². The van der Waals surface area contributed by atoms with Crippen LogP contribution in [0.15, 0.2) is 60.7 Å². The van der Waals surface area contributed by atoms with Crippen molar-refractivity contribution in [1.82, 2.24) is 4.98 Å². The van der Waals surface area contributed by atoms with Crippen molar-refractivity contribution in [2.24, 2.45) is 0 Å². The monoisotopic (exact) mass is 284 g/mol. The van der Waals surface area contributed by atoms with E-state index in [1.165, 1.54) is 0 Å². The predicted molar refractivity (Wildman–Crippen MR) is 68.8 cm³/mol. The Kier molecular flexibility index (Phi) is 3.66. The van der Waals surface area contributed by atoms with Crippen LogP contribution in [0.4, 0.5) is 0 Å². The van der Waals surface area contributed by atoms with Crippen molar-refractivity contribution in [3.05, 3.63) is 60.7 Å². The number of nitrogens with zero attached hydrogens (tertiary/aromatic N) is 1. The molecular formula is C15H11CuNO. The Bertz CT molecular complexity index is 682. The van der Waals surface area contributed by atoms with E-state index in [1.54, 1.807) is 12.1 Å². The summed E-state index contributed by atoms with van der Waals surface area (Å²) >= 11 is 0. The number of aromatic hydroxyl groups is 1. The summed E-state index contributed by atoms with van der Waals surface area (Å²) in [5, 5.41) is 10.9. The summed E-state index contributed by atoms with van der Waals surface area (Å²) in [4.78, 5) is 4.55. The number of benzene rings is 2. The fraction of sp³-hybridized carbons (Fsp3) is 0. The van der Waals surface area contributed by atoms with Gasteiger partial charge in [0.15, 0.2) is 0 Å². The van der Waals surface area contributed by atoms with E-state index in [1.807, 2.05) is 48.5 Å². The van der Waals surface area contributed by atoms with Gasteiger partial charge in [0.2, 0.25) is 0 Å². The third kappa shape index (κ3) is 2.23. The van der Waals surface area contributed by atoms with Gasteiger partial charge in [-0.1, -0.05) is 36.4 Å². The van der Waals surface area contributed by atoms with Crippen LogP contribution in [-0.4, -0.2) is 10.1 Å². The van der Waals surface area contributed by atoms with Crippen LogP contribution in [0.25, 0.3) is 22.2 Å². The summed E-state index contributed by atoms with van der Waals surface area (Å²) in [6.07, 6.45) is 0. The molecule has 1 aromatic heterocycles. The smallest absolute Gasteiger partial charge is 0.124 e. The number of pyridine rings is 1. The molecule has 0 fully saturated rings. The number of hydrogen-bond donors (Lipinski definition) is 1. The summed E-state index contributed by atoms with van der Waals surface area (Å²) in [5.41, 5.74) is 2.49. The molecule has 3 aromatic rings. The number of para-hydroxylation sites is 2. The van der Waals surface area contributed by atoms with Gasteiger partial charge in [-0.15, -0.1) is 0 Å². The van der Waals surface area contributed by atoms with Gasteiger partial charge in [-0.05, 0) is 24.3 Å². The zero-order valence-corrected chi connectivity index (χ0v) is 10.4. The van der Waals surface area contributed by atoms with E-state index in [0.717, 1.165) is 22.2 Å². The first-order valence-electron chi connectivity index (χ1n) is 5.49. The minimum Gasteiger partial charge on any atom is -0.507 e. The van der Waals surface area contributed by atoms with Crippen molar-refractivity contribution >= 4 is 10.9 Å². The number of hydrogen-bond acceptors (Lipinski definition) is 2. The van der Waals surface area contributed by atoms with Gasteiger partial charge in [-0.3, -0.25) is 0 Å². The molecule has 0 amide bonds. The number of aromatic nitrogens is 1. The first-order chi connectivity index (χ1) is 8.34. The molecule has 93 valence electrons. The molecule has 0 bridgehead atoms. The van der Waals surface area contributed by atoms with Crippen LogP contribution in [0.2, 0.25) is 0 Å². The van der Waals surface area contributed by atoms with Crippen LogP contribution >= 0.6 is 0 Å². The minimum atomic E-state index is 0. The molecule has 3 heteroatoms. The average Bonchev–Trinajstić information content (AvgIpc) is 2.39. The zero-order chi connectivity index (χ0) is 11.7. The van der Waals surface area contributed by atoms with Crippen LogP contribution in [0.5, 0.6) is 5.75 Å². The Morgan fingerprint density at radius 2 is 1.50 bits per heavy atom. The van der Waals surface area contributed by atoms with Gasteiger partial charge in [-0.2, -0.15) is 0 Å². The van der Waals surface area contributed by atoms with Gasteiger partial charge in [-0.25, -0.2) is 4.98 Å². The Labute approximate surface area is 116 Å². The van der Waals surface area contributed by atoms with Gasteiger partial charge in [0.1, 0.15) is 5.75 Å². The van der Waals surface area contributed by atoms with Crippen LogP contribution in [-0.2, 0) is 17.1 Å². The standard InChI is InChI=1S/C15H11NO.Cu/c17-15-8-4-2-6-12(15)14-10-9-11-5-1-3-7-13(11)16-14;/h1-10,17H;. The molecule has 0 atom stereocenters. The molecule has 0 aliphatic rings. The van der Waals surface area contributed by atoms with Crippen LogP contribution in [0.1, 0.15) is 0 Å². The molecule has 1 N–H and O–H groups in total. The van der Waals surface area contributed by atoms with Gasteiger partial charge in [0, 0.05) is 28.0 Å². The Morgan fingerprint density at radius 1 is 0.778 bits per heavy atom. The Morgan fingerprint density at radius 3 is 2.33 bits per heavy atom. The third-order valence-electron chi connectivity index (χ3n) is 2.78. The van der Waals surface area contributed by atoms with Crippen molar-refractivity contribution in [3.8, 4) is 17.0 Å². The molecule has 0 unspecified atom stereocenters. The topological polar surface area (TPSA) is 33.1 Å². The Hall–Kier alpha value is -1.83. The largest absolute Gasteiger partial charge is 0.507 e. The van der Waals surface area contributed by atoms with Gasteiger partial charge in [0.25, 0.3) is 0 Å². The second-order valence-electron chi connectivity index (χ2n) is 3.91. The van der Waals surface area contributed by atoms with Crippen molar-refractivity contribution in [1.29, 1.82) is 0 Å². The van der Waals surface area contributed by atoms with Gasteiger partial charge < -0.3 is 5.11 Å². The second-order valence-corrected chi connectivity index (χ2v) is 3.91. The van der Waals surface area contributed by atoms with E-state index in [2.05, 4.69) is 4.98 Å². The van der Waals surface area contributed by atoms with E-state index >= 15 is 0 Å². The number of fused-ring (bicyclic) bond motifs is 1. The quantitative estimate of drug-likeness (QED) is 0.693. The van der Waals surface area contributed by atoms with Crippen molar-refractivity contribution in [3.63, 3.8) is 0 Å². The third-order valence-corrected chi connectivity index (χ3v) is 2.78. The molecule has 0 spiro atoms. The minimum absolute atomic E-state index is 0. The molecule has 2 aromatic carbocycles. The SMILES string of the molecule is Oc1ccccc1-c1ccc2ccccc2n1.[Cu].